The van der Waals surface area contributed by atoms with Crippen LogP contribution in [0.3, 0.4) is 0 Å². The van der Waals surface area contributed by atoms with Gasteiger partial charge in [0.1, 0.15) is 5.75 Å². The molecule has 0 aliphatic carbocycles. The summed E-state index contributed by atoms with van der Waals surface area (Å²) in [5.41, 5.74) is 0.858. The van der Waals surface area contributed by atoms with E-state index in [9.17, 15) is 4.79 Å². The van der Waals surface area contributed by atoms with Gasteiger partial charge in [0, 0.05) is 12.3 Å². The minimum Gasteiger partial charge on any atom is -0.481 e. The summed E-state index contributed by atoms with van der Waals surface area (Å²) in [5.74, 6) is 1.62. The van der Waals surface area contributed by atoms with Crippen molar-refractivity contribution in [3.8, 4) is 5.75 Å². The first kappa shape index (κ1) is 16.6. The summed E-state index contributed by atoms with van der Waals surface area (Å²) in [6, 6.07) is 19.1. The van der Waals surface area contributed by atoms with E-state index < -0.39 is 6.10 Å². The van der Waals surface area contributed by atoms with E-state index in [0.717, 1.165) is 23.0 Å². The molecule has 5 heteroatoms. The van der Waals surface area contributed by atoms with Crippen molar-refractivity contribution in [2.24, 2.45) is 4.99 Å². The molecule has 1 aliphatic heterocycles. The SMILES string of the molecule is CC(Oc1ccccc1)C(=O)N1CCCSC1=Nc1ccccc1. The minimum atomic E-state index is -0.549. The lowest BCUT2D eigenvalue weighted by Gasteiger charge is -2.30. The minimum absolute atomic E-state index is 0.0549. The highest BCUT2D eigenvalue weighted by molar-refractivity contribution is 8.13. The maximum absolute atomic E-state index is 12.8. The van der Waals surface area contributed by atoms with Crippen molar-refractivity contribution in [3.05, 3.63) is 60.7 Å². The smallest absolute Gasteiger partial charge is 0.269 e. The number of hydrogen-bond donors (Lipinski definition) is 0. The van der Waals surface area contributed by atoms with Gasteiger partial charge >= 0.3 is 0 Å². The third-order valence-electron chi connectivity index (χ3n) is 3.64. The van der Waals surface area contributed by atoms with Gasteiger partial charge in [0.25, 0.3) is 5.91 Å². The average molecular weight is 340 g/mol. The van der Waals surface area contributed by atoms with Crippen LogP contribution in [0.5, 0.6) is 5.75 Å². The molecule has 0 radical (unpaired) electrons. The van der Waals surface area contributed by atoms with Gasteiger partial charge in [-0.3, -0.25) is 9.69 Å². The Morgan fingerprint density at radius 2 is 1.79 bits per heavy atom. The monoisotopic (exact) mass is 340 g/mol. The first-order valence-electron chi connectivity index (χ1n) is 8.03. The van der Waals surface area contributed by atoms with Gasteiger partial charge in [0.2, 0.25) is 0 Å². The lowest BCUT2D eigenvalue weighted by atomic mass is 10.3. The third-order valence-corrected chi connectivity index (χ3v) is 4.70. The highest BCUT2D eigenvalue weighted by Gasteiger charge is 2.28. The molecule has 0 bridgehead atoms. The number of amidine groups is 1. The lowest BCUT2D eigenvalue weighted by molar-refractivity contribution is -0.133. The zero-order chi connectivity index (χ0) is 16.8. The average Bonchev–Trinajstić information content (AvgIpc) is 2.63. The summed E-state index contributed by atoms with van der Waals surface area (Å²) >= 11 is 1.62. The normalized spacial score (nSPS) is 17.5. The molecule has 1 aliphatic rings. The van der Waals surface area contributed by atoms with Crippen molar-refractivity contribution >= 4 is 28.5 Å². The fourth-order valence-electron chi connectivity index (χ4n) is 2.44. The van der Waals surface area contributed by atoms with E-state index in [4.69, 9.17) is 4.74 Å². The number of benzene rings is 2. The van der Waals surface area contributed by atoms with E-state index in [1.165, 1.54) is 0 Å². The van der Waals surface area contributed by atoms with Crippen molar-refractivity contribution in [3.63, 3.8) is 0 Å². The Balaban J connectivity index is 1.75. The standard InChI is InChI=1S/C19H20N2O2S/c1-15(23-17-11-6-3-7-12-17)18(22)21-13-8-14-24-19(21)20-16-9-4-2-5-10-16/h2-7,9-12,15H,8,13-14H2,1H3. The second kappa shape index (κ2) is 8.02. The Labute approximate surface area is 146 Å². The number of aliphatic imine (C=N–C) groups is 1. The zero-order valence-electron chi connectivity index (χ0n) is 13.6. The number of para-hydroxylation sites is 2. The summed E-state index contributed by atoms with van der Waals surface area (Å²) in [4.78, 5) is 19.2. The molecule has 1 heterocycles. The first-order valence-corrected chi connectivity index (χ1v) is 9.02. The van der Waals surface area contributed by atoms with Crippen LogP contribution in [0.15, 0.2) is 65.7 Å². The summed E-state index contributed by atoms with van der Waals surface area (Å²) in [6.45, 7) is 2.47. The second-order valence-corrected chi connectivity index (χ2v) is 6.56. The van der Waals surface area contributed by atoms with Gasteiger partial charge in [-0.15, -0.1) is 0 Å². The molecule has 1 amide bonds. The Bertz CT molecular complexity index is 704. The third kappa shape index (κ3) is 4.17. The predicted octanol–water partition coefficient (Wildman–Crippen LogP) is 4.11. The number of carbonyl (C=O) groups excluding carboxylic acids is 1. The van der Waals surface area contributed by atoms with Crippen LogP contribution in [0.25, 0.3) is 0 Å². The van der Waals surface area contributed by atoms with Gasteiger partial charge in [-0.05, 0) is 37.6 Å². The van der Waals surface area contributed by atoms with Crippen LogP contribution in [-0.4, -0.2) is 34.4 Å². The maximum Gasteiger partial charge on any atom is 0.269 e. The molecule has 3 rings (SSSR count). The fraction of sp³-hybridized carbons (Fsp3) is 0.263. The lowest BCUT2D eigenvalue weighted by Crippen LogP contribution is -2.45. The van der Waals surface area contributed by atoms with Crippen LogP contribution >= 0.6 is 11.8 Å². The quantitative estimate of drug-likeness (QED) is 0.841. The molecular formula is C19H20N2O2S. The molecule has 2 aromatic rings. The summed E-state index contributed by atoms with van der Waals surface area (Å²) in [7, 11) is 0. The Morgan fingerprint density at radius 1 is 1.12 bits per heavy atom. The molecule has 124 valence electrons. The van der Waals surface area contributed by atoms with E-state index in [2.05, 4.69) is 4.99 Å². The number of thioether (sulfide) groups is 1. The van der Waals surface area contributed by atoms with E-state index >= 15 is 0 Å². The van der Waals surface area contributed by atoms with E-state index in [0.29, 0.717) is 12.3 Å². The fourth-order valence-corrected chi connectivity index (χ4v) is 3.41. The Morgan fingerprint density at radius 3 is 2.50 bits per heavy atom. The van der Waals surface area contributed by atoms with Crippen LogP contribution in [0.2, 0.25) is 0 Å². The first-order chi connectivity index (χ1) is 11.7. The molecule has 2 aromatic carbocycles. The van der Waals surface area contributed by atoms with E-state index in [-0.39, 0.29) is 5.91 Å². The summed E-state index contributed by atoms with van der Waals surface area (Å²) in [6.07, 6.45) is 0.412. The highest BCUT2D eigenvalue weighted by Crippen LogP contribution is 2.23. The number of amides is 1. The van der Waals surface area contributed by atoms with Crippen molar-refractivity contribution in [2.45, 2.75) is 19.4 Å². The van der Waals surface area contributed by atoms with Crippen LogP contribution < -0.4 is 4.74 Å². The van der Waals surface area contributed by atoms with E-state index in [1.54, 1.807) is 23.6 Å². The van der Waals surface area contributed by atoms with Gasteiger partial charge in [-0.1, -0.05) is 48.2 Å². The van der Waals surface area contributed by atoms with Crippen LogP contribution in [0.4, 0.5) is 5.69 Å². The predicted molar refractivity (Wildman–Crippen MR) is 98.9 cm³/mol. The number of nitrogens with zero attached hydrogens (tertiary/aromatic N) is 2. The molecule has 24 heavy (non-hydrogen) atoms. The number of rotatable bonds is 4. The maximum atomic E-state index is 12.8. The zero-order valence-corrected chi connectivity index (χ0v) is 14.4. The van der Waals surface area contributed by atoms with Crippen molar-refractivity contribution in [2.75, 3.05) is 12.3 Å². The number of carbonyl (C=O) groups is 1. The van der Waals surface area contributed by atoms with Gasteiger partial charge < -0.3 is 4.74 Å². The van der Waals surface area contributed by atoms with Gasteiger partial charge in [-0.2, -0.15) is 0 Å². The molecule has 0 spiro atoms. The van der Waals surface area contributed by atoms with Crippen molar-refractivity contribution < 1.29 is 9.53 Å². The summed E-state index contributed by atoms with van der Waals surface area (Å²) < 4.78 is 5.77. The summed E-state index contributed by atoms with van der Waals surface area (Å²) in [5, 5.41) is 0.751. The molecule has 1 atom stereocenters. The Hall–Kier alpha value is -2.27. The number of hydrogen-bond acceptors (Lipinski definition) is 4. The molecule has 0 saturated carbocycles. The van der Waals surface area contributed by atoms with Crippen molar-refractivity contribution in [1.82, 2.24) is 4.90 Å². The largest absolute Gasteiger partial charge is 0.481 e. The van der Waals surface area contributed by atoms with Gasteiger partial charge in [0.05, 0.1) is 5.69 Å². The van der Waals surface area contributed by atoms with Crippen LogP contribution in [-0.2, 0) is 4.79 Å². The molecule has 1 saturated heterocycles. The van der Waals surface area contributed by atoms with Crippen molar-refractivity contribution in [1.29, 1.82) is 0 Å². The topological polar surface area (TPSA) is 41.9 Å². The molecular weight excluding hydrogens is 320 g/mol. The number of ether oxygens (including phenoxy) is 1. The van der Waals surface area contributed by atoms with Crippen LogP contribution in [0.1, 0.15) is 13.3 Å². The highest BCUT2D eigenvalue weighted by atomic mass is 32.2. The molecule has 0 N–H and O–H groups in total. The molecule has 4 nitrogen and oxygen atoms in total. The molecule has 1 fully saturated rings. The Kier molecular flexibility index (Phi) is 5.54. The van der Waals surface area contributed by atoms with Gasteiger partial charge in [0.15, 0.2) is 11.3 Å². The molecule has 1 unspecified atom stereocenters. The van der Waals surface area contributed by atoms with Gasteiger partial charge in [-0.25, -0.2) is 4.99 Å². The van der Waals surface area contributed by atoms with Crippen LogP contribution in [0, 0.1) is 0 Å². The van der Waals surface area contributed by atoms with E-state index in [1.807, 2.05) is 60.7 Å². The second-order valence-electron chi connectivity index (χ2n) is 5.49. The molecule has 0 aromatic heterocycles.